The molecule has 2 atom stereocenters. The number of nitrogens with two attached hydrogens (primary N) is 1. The molecule has 88 valence electrons. The molecule has 3 rings (SSSR count). The second-order valence-electron chi connectivity index (χ2n) is 5.69. The highest BCUT2D eigenvalue weighted by molar-refractivity contribution is 5.43. The Balaban J connectivity index is 2.01. The van der Waals surface area contributed by atoms with Crippen LogP contribution in [0.4, 0.5) is 0 Å². The van der Waals surface area contributed by atoms with E-state index < -0.39 is 0 Å². The summed E-state index contributed by atoms with van der Waals surface area (Å²) in [7, 11) is 0. The Morgan fingerprint density at radius 3 is 2.88 bits per heavy atom. The fraction of sp³-hybridized carbons (Fsp3) is 0.714. The molecule has 2 nitrogen and oxygen atoms in total. The van der Waals surface area contributed by atoms with Crippen molar-refractivity contribution in [2.24, 2.45) is 17.1 Å². The predicted molar refractivity (Wildman–Crippen MR) is 67.1 cm³/mol. The predicted octanol–water partition coefficient (Wildman–Crippen LogP) is 1.98. The van der Waals surface area contributed by atoms with Crippen molar-refractivity contribution in [1.29, 1.82) is 0 Å². The van der Waals surface area contributed by atoms with Gasteiger partial charge in [-0.2, -0.15) is 0 Å². The lowest BCUT2D eigenvalue weighted by atomic mass is 9.70. The highest BCUT2D eigenvalue weighted by atomic mass is 14.9. The minimum atomic E-state index is 0.311. The van der Waals surface area contributed by atoms with Crippen LogP contribution in [0.2, 0.25) is 0 Å². The number of nitrogens with one attached hydrogen (secondary N) is 1. The zero-order chi connectivity index (χ0) is 11.2. The molecule has 0 aromatic carbocycles. The molecule has 0 amide bonds. The smallest absolute Gasteiger partial charge is 0.0175 e. The Labute approximate surface area is 98.0 Å². The van der Waals surface area contributed by atoms with Gasteiger partial charge in [-0.3, -0.25) is 0 Å². The third-order valence-electron chi connectivity index (χ3n) is 4.90. The average Bonchev–Trinajstić information content (AvgIpc) is 2.57. The van der Waals surface area contributed by atoms with Crippen LogP contribution in [0.1, 0.15) is 32.6 Å². The Morgan fingerprint density at radius 2 is 2.12 bits per heavy atom. The van der Waals surface area contributed by atoms with Gasteiger partial charge in [0.25, 0.3) is 0 Å². The van der Waals surface area contributed by atoms with Gasteiger partial charge in [-0.15, -0.1) is 0 Å². The van der Waals surface area contributed by atoms with Crippen LogP contribution in [0.15, 0.2) is 23.3 Å². The first-order valence-corrected chi connectivity index (χ1v) is 6.60. The van der Waals surface area contributed by atoms with E-state index in [1.54, 1.807) is 11.1 Å². The number of rotatable bonds is 0. The molecular formula is C14H22N2. The van der Waals surface area contributed by atoms with E-state index in [9.17, 15) is 0 Å². The molecule has 0 aromatic rings. The summed E-state index contributed by atoms with van der Waals surface area (Å²) in [6.07, 6.45) is 9.54. The topological polar surface area (TPSA) is 38.0 Å². The van der Waals surface area contributed by atoms with E-state index in [2.05, 4.69) is 24.4 Å². The van der Waals surface area contributed by atoms with Gasteiger partial charge in [0.1, 0.15) is 0 Å². The molecule has 0 radical (unpaired) electrons. The molecule has 16 heavy (non-hydrogen) atoms. The van der Waals surface area contributed by atoms with E-state index >= 15 is 0 Å². The van der Waals surface area contributed by atoms with Crippen LogP contribution in [0.3, 0.4) is 0 Å². The fourth-order valence-electron chi connectivity index (χ4n) is 3.85. The molecule has 1 aliphatic heterocycles. The maximum Gasteiger partial charge on any atom is 0.0175 e. The third-order valence-corrected chi connectivity index (χ3v) is 4.90. The molecule has 2 heteroatoms. The van der Waals surface area contributed by atoms with E-state index in [0.29, 0.717) is 11.5 Å². The summed E-state index contributed by atoms with van der Waals surface area (Å²) in [5, 5.41) is 3.46. The summed E-state index contributed by atoms with van der Waals surface area (Å²) in [4.78, 5) is 0. The molecule has 1 spiro atoms. The van der Waals surface area contributed by atoms with Gasteiger partial charge in [0.15, 0.2) is 0 Å². The van der Waals surface area contributed by atoms with Gasteiger partial charge in [0.2, 0.25) is 0 Å². The number of fused-ring (bicyclic) bond motifs is 1. The van der Waals surface area contributed by atoms with Crippen LogP contribution in [0, 0.1) is 11.3 Å². The Kier molecular flexibility index (Phi) is 2.45. The van der Waals surface area contributed by atoms with Gasteiger partial charge in [0, 0.05) is 11.5 Å². The van der Waals surface area contributed by atoms with Crippen molar-refractivity contribution in [1.82, 2.24) is 5.32 Å². The molecule has 1 saturated heterocycles. The first kappa shape index (κ1) is 10.5. The monoisotopic (exact) mass is 218 g/mol. The summed E-state index contributed by atoms with van der Waals surface area (Å²) in [6.45, 7) is 4.62. The summed E-state index contributed by atoms with van der Waals surface area (Å²) < 4.78 is 0. The van der Waals surface area contributed by atoms with Gasteiger partial charge in [-0.05, 0) is 50.3 Å². The molecular weight excluding hydrogens is 196 g/mol. The molecule has 0 bridgehead atoms. The van der Waals surface area contributed by atoms with Crippen LogP contribution in [0.5, 0.6) is 0 Å². The number of allylic oxidation sites excluding steroid dienone is 2. The van der Waals surface area contributed by atoms with E-state index in [4.69, 9.17) is 5.73 Å². The first-order chi connectivity index (χ1) is 7.74. The average molecular weight is 218 g/mol. The molecule has 2 aliphatic carbocycles. The third kappa shape index (κ3) is 1.33. The number of hydrogen-bond acceptors (Lipinski definition) is 2. The van der Waals surface area contributed by atoms with Crippen molar-refractivity contribution in [2.75, 3.05) is 13.1 Å². The molecule has 3 N–H and O–H groups in total. The zero-order valence-electron chi connectivity index (χ0n) is 10.1. The second kappa shape index (κ2) is 3.71. The maximum atomic E-state index is 6.46. The summed E-state index contributed by atoms with van der Waals surface area (Å²) in [5.74, 6) is 0.723. The quantitative estimate of drug-likeness (QED) is 0.652. The lowest BCUT2D eigenvalue weighted by Gasteiger charge is -2.40. The van der Waals surface area contributed by atoms with E-state index in [1.165, 1.54) is 19.3 Å². The van der Waals surface area contributed by atoms with E-state index in [-0.39, 0.29) is 0 Å². The van der Waals surface area contributed by atoms with Gasteiger partial charge in [-0.1, -0.05) is 24.6 Å². The van der Waals surface area contributed by atoms with Crippen molar-refractivity contribution < 1.29 is 0 Å². The van der Waals surface area contributed by atoms with Crippen LogP contribution in [-0.4, -0.2) is 19.1 Å². The molecule has 1 fully saturated rings. The van der Waals surface area contributed by atoms with Gasteiger partial charge in [-0.25, -0.2) is 0 Å². The largest absolute Gasteiger partial charge is 0.327 e. The maximum absolute atomic E-state index is 6.46. The SMILES string of the molecule is CC1CC=CC2=C1CC(N)C21CCNCC1. The highest BCUT2D eigenvalue weighted by Gasteiger charge is 2.47. The van der Waals surface area contributed by atoms with Gasteiger partial charge in [0.05, 0.1) is 0 Å². The summed E-state index contributed by atoms with van der Waals surface area (Å²) in [5.41, 5.74) is 10.0. The van der Waals surface area contributed by atoms with Crippen molar-refractivity contribution in [3.05, 3.63) is 23.3 Å². The van der Waals surface area contributed by atoms with Crippen LogP contribution in [0.25, 0.3) is 0 Å². The highest BCUT2D eigenvalue weighted by Crippen LogP contribution is 2.52. The number of hydrogen-bond donors (Lipinski definition) is 2. The fourth-order valence-corrected chi connectivity index (χ4v) is 3.85. The summed E-state index contributed by atoms with van der Waals surface area (Å²) in [6, 6.07) is 0.366. The van der Waals surface area contributed by atoms with E-state index in [0.717, 1.165) is 25.4 Å². The molecule has 0 saturated carbocycles. The van der Waals surface area contributed by atoms with Crippen molar-refractivity contribution in [2.45, 2.75) is 38.6 Å². The molecule has 2 unspecified atom stereocenters. The first-order valence-electron chi connectivity index (χ1n) is 6.60. The van der Waals surface area contributed by atoms with Crippen molar-refractivity contribution in [3.63, 3.8) is 0 Å². The second-order valence-corrected chi connectivity index (χ2v) is 5.69. The Hall–Kier alpha value is -0.600. The standard InChI is InChI=1S/C14H22N2/c1-10-3-2-4-12-11(10)9-13(15)14(12)5-7-16-8-6-14/h2,4,10,13,16H,3,5-9,15H2,1H3. The van der Waals surface area contributed by atoms with Gasteiger partial charge < -0.3 is 11.1 Å². The summed E-state index contributed by atoms with van der Waals surface area (Å²) >= 11 is 0. The van der Waals surface area contributed by atoms with Crippen LogP contribution >= 0.6 is 0 Å². The normalized spacial score (nSPS) is 36.9. The lowest BCUT2D eigenvalue weighted by Crippen LogP contribution is -2.46. The Morgan fingerprint density at radius 1 is 1.38 bits per heavy atom. The van der Waals surface area contributed by atoms with E-state index in [1.807, 2.05) is 0 Å². The Bertz CT molecular complexity index is 348. The minimum absolute atomic E-state index is 0.311. The van der Waals surface area contributed by atoms with Gasteiger partial charge >= 0.3 is 0 Å². The van der Waals surface area contributed by atoms with Crippen LogP contribution in [-0.2, 0) is 0 Å². The molecule has 0 aromatic heterocycles. The van der Waals surface area contributed by atoms with Crippen LogP contribution < -0.4 is 11.1 Å². The minimum Gasteiger partial charge on any atom is -0.327 e. The van der Waals surface area contributed by atoms with Crippen molar-refractivity contribution >= 4 is 0 Å². The molecule has 3 aliphatic rings. The number of piperidine rings is 1. The van der Waals surface area contributed by atoms with Crippen molar-refractivity contribution in [3.8, 4) is 0 Å². The lowest BCUT2D eigenvalue weighted by molar-refractivity contribution is 0.225. The molecule has 1 heterocycles. The zero-order valence-corrected chi connectivity index (χ0v) is 10.1.